The molecule has 3 heterocycles. The lowest BCUT2D eigenvalue weighted by Gasteiger charge is -2.31. The molecule has 0 amide bonds. The van der Waals surface area contributed by atoms with E-state index in [2.05, 4.69) is 30.9 Å². The maximum Gasteiger partial charge on any atom is 0.151 e. The van der Waals surface area contributed by atoms with Crippen molar-refractivity contribution in [1.29, 1.82) is 0 Å². The molecule has 1 fully saturated rings. The Labute approximate surface area is 140 Å². The summed E-state index contributed by atoms with van der Waals surface area (Å²) in [5, 5.41) is 25.4. The topological polar surface area (TPSA) is 132 Å². The van der Waals surface area contributed by atoms with E-state index in [1.54, 1.807) is 16.6 Å². The molecule has 6 N–H and O–H groups in total. The summed E-state index contributed by atoms with van der Waals surface area (Å²) in [6.07, 6.45) is -0.789. The Morgan fingerprint density at radius 2 is 2.04 bits per heavy atom. The second kappa shape index (κ2) is 5.66. The molecule has 1 aliphatic heterocycles. The number of anilines is 1. The largest absolute Gasteiger partial charge is 0.388 e. The molecular formula is C16H25N5O3. The van der Waals surface area contributed by atoms with Crippen LogP contribution < -0.4 is 11.5 Å². The molecular weight excluding hydrogens is 310 g/mol. The van der Waals surface area contributed by atoms with Crippen molar-refractivity contribution in [3.05, 3.63) is 24.2 Å². The summed E-state index contributed by atoms with van der Waals surface area (Å²) in [5.41, 5.74) is 11.7. The second-order valence-corrected chi connectivity index (χ2v) is 7.61. The number of fused-ring (bicyclic) bond motifs is 1. The minimum atomic E-state index is -1.25. The normalized spacial score (nSPS) is 31.0. The fourth-order valence-electron chi connectivity index (χ4n) is 3.41. The third-order valence-corrected chi connectivity index (χ3v) is 4.58. The zero-order valence-electron chi connectivity index (χ0n) is 14.2. The van der Waals surface area contributed by atoms with Gasteiger partial charge in [-0.15, -0.1) is 0 Å². The van der Waals surface area contributed by atoms with Crippen molar-refractivity contribution in [2.75, 3.05) is 12.3 Å². The van der Waals surface area contributed by atoms with Gasteiger partial charge in [-0.2, -0.15) is 5.10 Å². The molecule has 2 aromatic rings. The number of aliphatic hydroxyl groups is 2. The minimum absolute atomic E-state index is 0.00188. The molecule has 1 aliphatic rings. The highest BCUT2D eigenvalue weighted by Gasteiger charge is 2.56. The Balaban J connectivity index is 2.07. The van der Waals surface area contributed by atoms with Crippen molar-refractivity contribution in [3.8, 4) is 0 Å². The summed E-state index contributed by atoms with van der Waals surface area (Å²) in [4.78, 5) is 3.96. The van der Waals surface area contributed by atoms with Crippen molar-refractivity contribution in [1.82, 2.24) is 14.6 Å². The number of hydrogen-bond acceptors (Lipinski definition) is 7. The lowest BCUT2D eigenvalue weighted by atomic mass is 9.85. The summed E-state index contributed by atoms with van der Waals surface area (Å²) < 4.78 is 7.70. The first-order chi connectivity index (χ1) is 11.2. The average Bonchev–Trinajstić information content (AvgIpc) is 3.03. The fourth-order valence-corrected chi connectivity index (χ4v) is 3.41. The van der Waals surface area contributed by atoms with Gasteiger partial charge in [0, 0.05) is 6.54 Å². The molecule has 3 unspecified atom stereocenters. The van der Waals surface area contributed by atoms with E-state index in [4.69, 9.17) is 16.2 Å². The quantitative estimate of drug-likeness (QED) is 0.622. The first kappa shape index (κ1) is 17.1. The summed E-state index contributed by atoms with van der Waals surface area (Å²) in [6, 6.07) is 3.50. The van der Waals surface area contributed by atoms with Gasteiger partial charge in [-0.05, 0) is 24.0 Å². The maximum atomic E-state index is 10.7. The lowest BCUT2D eigenvalue weighted by molar-refractivity contribution is -0.0920. The predicted octanol–water partition coefficient (Wildman–Crippen LogP) is 0.0223. The van der Waals surface area contributed by atoms with Crippen molar-refractivity contribution >= 4 is 11.3 Å². The highest BCUT2D eigenvalue weighted by atomic mass is 16.6. The molecule has 3 rings (SSSR count). The highest BCUT2D eigenvalue weighted by Crippen LogP contribution is 2.43. The second-order valence-electron chi connectivity index (χ2n) is 7.61. The van der Waals surface area contributed by atoms with E-state index in [0.29, 0.717) is 23.4 Å². The number of aromatic nitrogens is 3. The van der Waals surface area contributed by atoms with Gasteiger partial charge >= 0.3 is 0 Å². The van der Waals surface area contributed by atoms with Crippen LogP contribution in [0.25, 0.3) is 5.52 Å². The summed E-state index contributed by atoms with van der Waals surface area (Å²) >= 11 is 0. The van der Waals surface area contributed by atoms with E-state index in [-0.39, 0.29) is 12.0 Å². The van der Waals surface area contributed by atoms with Gasteiger partial charge in [0.15, 0.2) is 11.4 Å². The van der Waals surface area contributed by atoms with Gasteiger partial charge in [0.2, 0.25) is 0 Å². The molecule has 0 aromatic carbocycles. The molecule has 8 nitrogen and oxygen atoms in total. The Bertz CT molecular complexity index is 741. The lowest BCUT2D eigenvalue weighted by Crippen LogP contribution is -2.47. The fraction of sp³-hybridized carbons (Fsp3) is 0.625. The van der Waals surface area contributed by atoms with E-state index in [1.165, 1.54) is 6.33 Å². The first-order valence-corrected chi connectivity index (χ1v) is 8.02. The van der Waals surface area contributed by atoms with Crippen LogP contribution in [0.3, 0.4) is 0 Å². The monoisotopic (exact) mass is 335 g/mol. The maximum absolute atomic E-state index is 10.7. The van der Waals surface area contributed by atoms with Crippen LogP contribution in [0.1, 0.15) is 32.9 Å². The van der Waals surface area contributed by atoms with E-state index in [0.717, 1.165) is 0 Å². The summed E-state index contributed by atoms with van der Waals surface area (Å²) in [7, 11) is 0. The van der Waals surface area contributed by atoms with Gasteiger partial charge in [-0.3, -0.25) is 0 Å². The Kier molecular flexibility index (Phi) is 4.03. The third-order valence-electron chi connectivity index (χ3n) is 4.58. The molecule has 2 aromatic heterocycles. The number of rotatable bonds is 3. The van der Waals surface area contributed by atoms with E-state index < -0.39 is 23.9 Å². The van der Waals surface area contributed by atoms with Gasteiger partial charge in [0.1, 0.15) is 24.1 Å². The number of nitrogens with two attached hydrogens (primary N) is 2. The highest BCUT2D eigenvalue weighted by molar-refractivity contribution is 5.65. The summed E-state index contributed by atoms with van der Waals surface area (Å²) in [5.74, 6) is 0.322. The van der Waals surface area contributed by atoms with Crippen molar-refractivity contribution < 1.29 is 14.9 Å². The van der Waals surface area contributed by atoms with Crippen LogP contribution in [0.2, 0.25) is 0 Å². The average molecular weight is 335 g/mol. The van der Waals surface area contributed by atoms with Crippen LogP contribution in [0.15, 0.2) is 18.5 Å². The number of aliphatic hydroxyl groups excluding tert-OH is 2. The van der Waals surface area contributed by atoms with Crippen molar-refractivity contribution in [2.24, 2.45) is 11.1 Å². The SMILES string of the molecule is CC(C)(C)CC1O[C@@](CN)(c2ccc3c(N)ncnn23)C(O)C1O. The van der Waals surface area contributed by atoms with Crippen molar-refractivity contribution in [3.63, 3.8) is 0 Å². The Morgan fingerprint density at radius 3 is 2.67 bits per heavy atom. The zero-order chi connectivity index (χ0) is 17.7. The third kappa shape index (κ3) is 2.55. The van der Waals surface area contributed by atoms with E-state index in [9.17, 15) is 10.2 Å². The van der Waals surface area contributed by atoms with Crippen LogP contribution in [0.4, 0.5) is 5.82 Å². The van der Waals surface area contributed by atoms with Crippen LogP contribution in [0.5, 0.6) is 0 Å². The summed E-state index contributed by atoms with van der Waals surface area (Å²) in [6.45, 7) is 6.16. The number of nitrogens with zero attached hydrogens (tertiary/aromatic N) is 3. The number of ether oxygens (including phenoxy) is 1. The van der Waals surface area contributed by atoms with Gasteiger partial charge in [-0.1, -0.05) is 20.8 Å². The molecule has 0 radical (unpaired) electrons. The molecule has 132 valence electrons. The molecule has 0 bridgehead atoms. The van der Waals surface area contributed by atoms with Crippen LogP contribution >= 0.6 is 0 Å². The minimum Gasteiger partial charge on any atom is -0.388 e. The van der Waals surface area contributed by atoms with Crippen LogP contribution in [-0.2, 0) is 10.3 Å². The van der Waals surface area contributed by atoms with E-state index in [1.807, 2.05) is 0 Å². The molecule has 8 heteroatoms. The Hall–Kier alpha value is -1.74. The van der Waals surface area contributed by atoms with Gasteiger partial charge in [0.25, 0.3) is 0 Å². The van der Waals surface area contributed by atoms with Crippen LogP contribution in [0, 0.1) is 5.41 Å². The molecule has 4 atom stereocenters. The van der Waals surface area contributed by atoms with Gasteiger partial charge < -0.3 is 26.4 Å². The van der Waals surface area contributed by atoms with Gasteiger partial charge in [-0.25, -0.2) is 9.50 Å². The first-order valence-electron chi connectivity index (χ1n) is 8.02. The van der Waals surface area contributed by atoms with E-state index >= 15 is 0 Å². The number of nitrogen functional groups attached to an aromatic ring is 1. The van der Waals surface area contributed by atoms with Gasteiger partial charge in [0.05, 0.1) is 11.8 Å². The smallest absolute Gasteiger partial charge is 0.151 e. The van der Waals surface area contributed by atoms with Crippen molar-refractivity contribution in [2.45, 2.75) is 51.1 Å². The Morgan fingerprint density at radius 1 is 1.33 bits per heavy atom. The number of hydrogen-bond donors (Lipinski definition) is 4. The van der Waals surface area contributed by atoms with Crippen LogP contribution in [-0.4, -0.2) is 49.7 Å². The molecule has 1 saturated heterocycles. The molecule has 0 saturated carbocycles. The standard InChI is InChI=1S/C16H25N5O3/c1-15(2,3)6-10-12(22)13(23)16(7-17,24-10)11-5-4-9-14(18)19-8-20-21(9)11/h4-5,8,10,12-13,22-23H,6-7,17H2,1-3H3,(H2,18,19,20)/t10?,12?,13?,16-/m0/s1. The molecule has 24 heavy (non-hydrogen) atoms. The predicted molar refractivity (Wildman–Crippen MR) is 89.1 cm³/mol. The zero-order valence-corrected chi connectivity index (χ0v) is 14.2. The molecule has 0 aliphatic carbocycles. The molecule has 0 spiro atoms.